The van der Waals surface area contributed by atoms with E-state index in [-0.39, 0.29) is 72.7 Å². The van der Waals surface area contributed by atoms with Gasteiger partial charge in [-0.3, -0.25) is 19.3 Å². The van der Waals surface area contributed by atoms with Gasteiger partial charge in [-0.1, -0.05) is 0 Å². The van der Waals surface area contributed by atoms with Gasteiger partial charge in [-0.15, -0.1) is 11.3 Å². The van der Waals surface area contributed by atoms with Crippen LogP contribution in [0.25, 0.3) is 0 Å². The second-order valence-corrected chi connectivity index (χ2v) is 9.80. The standard InChI is InChI=1S/C17H20N2O7S2/c1-2-26-17(23)15-10-6-8-28(24,25)9-11(10)27-16(15)18-12(20)5-7-19-13(21)3-4-14(19)22/h2-9H2,1H3,(H,18,20). The number of imide groups is 1. The highest BCUT2D eigenvalue weighted by atomic mass is 32.2. The van der Waals surface area contributed by atoms with E-state index in [1.54, 1.807) is 6.92 Å². The van der Waals surface area contributed by atoms with E-state index >= 15 is 0 Å². The molecule has 152 valence electrons. The Morgan fingerprint density at radius 2 is 1.86 bits per heavy atom. The summed E-state index contributed by atoms with van der Waals surface area (Å²) in [6.07, 6.45) is 0.384. The van der Waals surface area contributed by atoms with E-state index in [1.165, 1.54) is 0 Å². The fraction of sp³-hybridized carbons (Fsp3) is 0.529. The minimum atomic E-state index is -3.24. The van der Waals surface area contributed by atoms with Crippen molar-refractivity contribution < 1.29 is 32.3 Å². The lowest BCUT2D eigenvalue weighted by Gasteiger charge is -2.14. The van der Waals surface area contributed by atoms with Gasteiger partial charge in [0.25, 0.3) is 0 Å². The number of anilines is 1. The lowest BCUT2D eigenvalue weighted by atomic mass is 10.1. The molecule has 1 aromatic rings. The quantitative estimate of drug-likeness (QED) is 0.526. The number of rotatable bonds is 6. The first kappa shape index (κ1) is 20.5. The molecular formula is C17H20N2O7S2. The first-order chi connectivity index (χ1) is 13.2. The molecule has 0 spiro atoms. The zero-order chi connectivity index (χ0) is 20.5. The summed E-state index contributed by atoms with van der Waals surface area (Å²) >= 11 is 1.05. The average molecular weight is 428 g/mol. The largest absolute Gasteiger partial charge is 0.462 e. The second-order valence-electron chi connectivity index (χ2n) is 6.51. The zero-order valence-corrected chi connectivity index (χ0v) is 16.9. The van der Waals surface area contributed by atoms with Crippen molar-refractivity contribution in [2.45, 2.75) is 38.4 Å². The molecule has 9 nitrogen and oxygen atoms in total. The van der Waals surface area contributed by atoms with Crippen molar-refractivity contribution in [3.8, 4) is 0 Å². The molecule has 3 amide bonds. The van der Waals surface area contributed by atoms with Gasteiger partial charge in [-0.05, 0) is 18.9 Å². The van der Waals surface area contributed by atoms with Crippen molar-refractivity contribution >= 4 is 49.9 Å². The molecule has 0 unspecified atom stereocenters. The third-order valence-electron chi connectivity index (χ3n) is 4.55. The Bertz CT molecular complexity index is 933. The average Bonchev–Trinajstić information content (AvgIpc) is 3.11. The predicted octanol–water partition coefficient (Wildman–Crippen LogP) is 0.873. The number of esters is 1. The number of nitrogens with one attached hydrogen (secondary N) is 1. The van der Waals surface area contributed by atoms with E-state index in [4.69, 9.17) is 4.74 Å². The number of fused-ring (bicyclic) bond motifs is 1. The number of hydrogen-bond acceptors (Lipinski definition) is 8. The fourth-order valence-electron chi connectivity index (χ4n) is 3.20. The van der Waals surface area contributed by atoms with Crippen molar-refractivity contribution in [3.63, 3.8) is 0 Å². The van der Waals surface area contributed by atoms with Crippen LogP contribution in [0, 0.1) is 0 Å². The van der Waals surface area contributed by atoms with Gasteiger partial charge < -0.3 is 10.1 Å². The smallest absolute Gasteiger partial charge is 0.341 e. The maximum Gasteiger partial charge on any atom is 0.341 e. The highest BCUT2D eigenvalue weighted by molar-refractivity contribution is 7.90. The predicted molar refractivity (Wildman–Crippen MR) is 101 cm³/mol. The highest BCUT2D eigenvalue weighted by Gasteiger charge is 2.32. The van der Waals surface area contributed by atoms with E-state index in [0.29, 0.717) is 10.4 Å². The second kappa shape index (κ2) is 8.00. The normalized spacial score (nSPS) is 18.1. The van der Waals surface area contributed by atoms with Gasteiger partial charge in [-0.25, -0.2) is 13.2 Å². The van der Waals surface area contributed by atoms with Crippen molar-refractivity contribution in [2.75, 3.05) is 24.2 Å². The van der Waals surface area contributed by atoms with Gasteiger partial charge in [0.05, 0.1) is 23.7 Å². The molecule has 2 aliphatic rings. The van der Waals surface area contributed by atoms with Crippen LogP contribution in [0.4, 0.5) is 5.00 Å². The van der Waals surface area contributed by atoms with Gasteiger partial charge in [0.15, 0.2) is 9.84 Å². The SMILES string of the molecule is CCOC(=O)c1c(NC(=O)CCN2C(=O)CCC2=O)sc2c1CCS(=O)(=O)C2. The fourth-order valence-corrected chi connectivity index (χ4v) is 6.26. The molecule has 28 heavy (non-hydrogen) atoms. The van der Waals surface area contributed by atoms with Crippen LogP contribution < -0.4 is 5.32 Å². The Hall–Kier alpha value is -2.27. The van der Waals surface area contributed by atoms with Crippen LogP contribution in [-0.2, 0) is 41.1 Å². The first-order valence-corrected chi connectivity index (χ1v) is 11.5. The van der Waals surface area contributed by atoms with E-state index in [0.717, 1.165) is 16.2 Å². The summed E-state index contributed by atoms with van der Waals surface area (Å²) in [6, 6.07) is 0. The molecule has 0 aliphatic carbocycles. The number of hydrogen-bond donors (Lipinski definition) is 1. The molecular weight excluding hydrogens is 408 g/mol. The van der Waals surface area contributed by atoms with Crippen LogP contribution in [0.3, 0.4) is 0 Å². The molecule has 2 aliphatic heterocycles. The zero-order valence-electron chi connectivity index (χ0n) is 15.3. The number of amides is 3. The van der Waals surface area contributed by atoms with Gasteiger partial charge in [0.2, 0.25) is 17.7 Å². The van der Waals surface area contributed by atoms with Crippen molar-refractivity contribution in [2.24, 2.45) is 0 Å². The molecule has 1 fully saturated rings. The Labute approximate surface area is 165 Å². The van der Waals surface area contributed by atoms with E-state index in [9.17, 15) is 27.6 Å². The summed E-state index contributed by atoms with van der Waals surface area (Å²) in [6.45, 7) is 1.77. The molecule has 3 rings (SSSR count). The molecule has 0 aromatic carbocycles. The summed E-state index contributed by atoms with van der Waals surface area (Å²) in [5.74, 6) is -1.93. The number of ether oxygens (including phenoxy) is 1. The minimum Gasteiger partial charge on any atom is -0.462 e. The molecule has 11 heteroatoms. The first-order valence-electron chi connectivity index (χ1n) is 8.87. The van der Waals surface area contributed by atoms with Crippen molar-refractivity contribution in [1.29, 1.82) is 0 Å². The summed E-state index contributed by atoms with van der Waals surface area (Å²) in [5, 5.41) is 2.86. The Morgan fingerprint density at radius 3 is 2.50 bits per heavy atom. The third kappa shape index (κ3) is 4.25. The van der Waals surface area contributed by atoms with Gasteiger partial charge >= 0.3 is 5.97 Å². The summed E-state index contributed by atoms with van der Waals surface area (Å²) in [7, 11) is -3.24. The Balaban J connectivity index is 1.77. The summed E-state index contributed by atoms with van der Waals surface area (Å²) in [4.78, 5) is 49.5. The van der Waals surface area contributed by atoms with E-state index in [2.05, 4.69) is 5.32 Å². The third-order valence-corrected chi connectivity index (χ3v) is 7.44. The van der Waals surface area contributed by atoms with Crippen LogP contribution in [0.15, 0.2) is 0 Å². The van der Waals surface area contributed by atoms with Crippen LogP contribution >= 0.6 is 11.3 Å². The molecule has 0 bridgehead atoms. The molecule has 1 saturated heterocycles. The van der Waals surface area contributed by atoms with Crippen LogP contribution in [0.1, 0.15) is 47.0 Å². The van der Waals surface area contributed by atoms with E-state index in [1.807, 2.05) is 0 Å². The molecule has 3 heterocycles. The van der Waals surface area contributed by atoms with Gasteiger partial charge in [0, 0.05) is 30.7 Å². The lowest BCUT2D eigenvalue weighted by Crippen LogP contribution is -2.32. The number of carbonyl (C=O) groups is 4. The minimum absolute atomic E-state index is 0.0301. The number of likely N-dealkylation sites (tertiary alicyclic amines) is 1. The highest BCUT2D eigenvalue weighted by Crippen LogP contribution is 2.38. The van der Waals surface area contributed by atoms with Crippen LogP contribution in [0.2, 0.25) is 0 Å². The number of carbonyl (C=O) groups excluding carboxylic acids is 4. The Morgan fingerprint density at radius 1 is 1.18 bits per heavy atom. The summed E-state index contributed by atoms with van der Waals surface area (Å²) < 4.78 is 28.9. The van der Waals surface area contributed by atoms with Gasteiger partial charge in [-0.2, -0.15) is 0 Å². The van der Waals surface area contributed by atoms with E-state index < -0.39 is 21.7 Å². The maximum absolute atomic E-state index is 12.4. The molecule has 0 saturated carbocycles. The number of sulfone groups is 1. The monoisotopic (exact) mass is 428 g/mol. The van der Waals surface area contributed by atoms with Crippen LogP contribution in [-0.4, -0.2) is 55.9 Å². The Kier molecular flexibility index (Phi) is 5.84. The van der Waals surface area contributed by atoms with Gasteiger partial charge in [0.1, 0.15) is 5.00 Å². The molecule has 0 radical (unpaired) electrons. The lowest BCUT2D eigenvalue weighted by molar-refractivity contribution is -0.138. The molecule has 0 atom stereocenters. The number of thiophene rings is 1. The number of nitrogens with zero attached hydrogens (tertiary/aromatic N) is 1. The maximum atomic E-state index is 12.4. The topological polar surface area (TPSA) is 127 Å². The van der Waals surface area contributed by atoms with Crippen LogP contribution in [0.5, 0.6) is 0 Å². The summed E-state index contributed by atoms with van der Waals surface area (Å²) in [5.41, 5.74) is 0.789. The van der Waals surface area contributed by atoms with Crippen molar-refractivity contribution in [1.82, 2.24) is 4.90 Å². The molecule has 1 N–H and O–H groups in total. The van der Waals surface area contributed by atoms with Crippen molar-refractivity contribution in [3.05, 3.63) is 16.0 Å². The molecule has 1 aromatic heterocycles.